The smallest absolute Gasteiger partial charge is 0.0864 e. The Morgan fingerprint density at radius 2 is 2.31 bits per heavy atom. The summed E-state index contributed by atoms with van der Waals surface area (Å²) in [5.74, 6) is 0. The second-order valence-electron chi connectivity index (χ2n) is 3.92. The maximum Gasteiger partial charge on any atom is 0.0864 e. The van der Waals surface area contributed by atoms with E-state index in [1.807, 2.05) is 32.3 Å². The maximum absolute atomic E-state index is 10.1. The van der Waals surface area contributed by atoms with Crippen LogP contribution in [0.25, 0.3) is 0 Å². The fourth-order valence-electron chi connectivity index (χ4n) is 1.80. The van der Waals surface area contributed by atoms with E-state index in [1.54, 1.807) is 17.1 Å². The standard InChI is InChI=1S/C12H15N3O/c1-9-11(8-15(2)14-9)12(16)6-10-4-3-5-13-7-10/h3-5,7-8,12,16H,6H2,1-2H3. The minimum Gasteiger partial charge on any atom is -0.388 e. The van der Waals surface area contributed by atoms with E-state index in [0.717, 1.165) is 16.8 Å². The molecule has 1 unspecified atom stereocenters. The van der Waals surface area contributed by atoms with Crippen LogP contribution < -0.4 is 0 Å². The molecule has 16 heavy (non-hydrogen) atoms. The van der Waals surface area contributed by atoms with Crippen molar-refractivity contribution in [2.45, 2.75) is 19.4 Å². The maximum atomic E-state index is 10.1. The van der Waals surface area contributed by atoms with E-state index in [9.17, 15) is 5.11 Å². The topological polar surface area (TPSA) is 50.9 Å². The molecule has 1 N–H and O–H groups in total. The van der Waals surface area contributed by atoms with Gasteiger partial charge in [0.2, 0.25) is 0 Å². The number of aromatic nitrogens is 3. The molecule has 4 nitrogen and oxygen atoms in total. The molecule has 0 aliphatic carbocycles. The molecule has 1 atom stereocenters. The van der Waals surface area contributed by atoms with Crippen molar-refractivity contribution in [2.75, 3.05) is 0 Å². The predicted molar refractivity (Wildman–Crippen MR) is 60.8 cm³/mol. The Labute approximate surface area is 94.6 Å². The van der Waals surface area contributed by atoms with Crippen LogP contribution in [0.4, 0.5) is 0 Å². The van der Waals surface area contributed by atoms with Crippen LogP contribution in [0.1, 0.15) is 22.9 Å². The molecule has 0 spiro atoms. The largest absolute Gasteiger partial charge is 0.388 e. The lowest BCUT2D eigenvalue weighted by Crippen LogP contribution is -2.02. The molecule has 4 heteroatoms. The molecule has 0 amide bonds. The number of aryl methyl sites for hydroxylation is 2. The van der Waals surface area contributed by atoms with Gasteiger partial charge in [-0.05, 0) is 18.6 Å². The molecule has 0 saturated carbocycles. The van der Waals surface area contributed by atoms with Gasteiger partial charge in [0.05, 0.1) is 11.8 Å². The van der Waals surface area contributed by atoms with Gasteiger partial charge in [-0.3, -0.25) is 9.67 Å². The fourth-order valence-corrected chi connectivity index (χ4v) is 1.80. The van der Waals surface area contributed by atoms with Gasteiger partial charge in [-0.2, -0.15) is 5.10 Å². The quantitative estimate of drug-likeness (QED) is 0.845. The summed E-state index contributed by atoms with van der Waals surface area (Å²) < 4.78 is 1.72. The van der Waals surface area contributed by atoms with Crippen LogP contribution in [0.2, 0.25) is 0 Å². The molecule has 2 rings (SSSR count). The van der Waals surface area contributed by atoms with Crippen molar-refractivity contribution in [3.05, 3.63) is 47.5 Å². The number of pyridine rings is 1. The number of aliphatic hydroxyl groups is 1. The molecule has 0 aromatic carbocycles. The molecule has 84 valence electrons. The Morgan fingerprint density at radius 1 is 1.50 bits per heavy atom. The summed E-state index contributed by atoms with van der Waals surface area (Å²) >= 11 is 0. The summed E-state index contributed by atoms with van der Waals surface area (Å²) in [6, 6.07) is 3.83. The summed E-state index contributed by atoms with van der Waals surface area (Å²) in [6.45, 7) is 1.90. The van der Waals surface area contributed by atoms with Crippen LogP contribution in [-0.2, 0) is 13.5 Å². The van der Waals surface area contributed by atoms with E-state index < -0.39 is 6.10 Å². The molecule has 2 heterocycles. The Balaban J connectivity index is 2.14. The van der Waals surface area contributed by atoms with Gasteiger partial charge in [0.25, 0.3) is 0 Å². The van der Waals surface area contributed by atoms with Crippen molar-refractivity contribution >= 4 is 0 Å². The number of aliphatic hydroxyl groups excluding tert-OH is 1. The first kappa shape index (κ1) is 10.8. The van der Waals surface area contributed by atoms with E-state index in [-0.39, 0.29) is 0 Å². The lowest BCUT2D eigenvalue weighted by Gasteiger charge is -2.08. The molecule has 0 fully saturated rings. The van der Waals surface area contributed by atoms with Crippen molar-refractivity contribution in [3.63, 3.8) is 0 Å². The highest BCUT2D eigenvalue weighted by molar-refractivity contribution is 5.21. The van der Waals surface area contributed by atoms with Gasteiger partial charge in [-0.1, -0.05) is 6.07 Å². The number of rotatable bonds is 3. The van der Waals surface area contributed by atoms with Crippen molar-refractivity contribution in [2.24, 2.45) is 7.05 Å². The highest BCUT2D eigenvalue weighted by Crippen LogP contribution is 2.20. The van der Waals surface area contributed by atoms with Crippen LogP contribution in [0, 0.1) is 6.92 Å². The number of hydrogen-bond donors (Lipinski definition) is 1. The van der Waals surface area contributed by atoms with Gasteiger partial charge in [0.15, 0.2) is 0 Å². The normalized spacial score (nSPS) is 12.7. The van der Waals surface area contributed by atoms with E-state index in [2.05, 4.69) is 10.1 Å². The van der Waals surface area contributed by atoms with Gasteiger partial charge < -0.3 is 5.11 Å². The highest BCUT2D eigenvalue weighted by Gasteiger charge is 2.13. The first-order chi connectivity index (χ1) is 7.66. The third-order valence-corrected chi connectivity index (χ3v) is 2.56. The SMILES string of the molecule is Cc1nn(C)cc1C(O)Cc1cccnc1. The Hall–Kier alpha value is -1.68. The monoisotopic (exact) mass is 217 g/mol. The van der Waals surface area contributed by atoms with E-state index in [4.69, 9.17) is 0 Å². The average molecular weight is 217 g/mol. The predicted octanol–water partition coefficient (Wildman–Crippen LogP) is 1.40. The molecule has 2 aromatic rings. The molecule has 0 radical (unpaired) electrons. The Morgan fingerprint density at radius 3 is 2.88 bits per heavy atom. The molecule has 0 bridgehead atoms. The van der Waals surface area contributed by atoms with Crippen molar-refractivity contribution in [1.29, 1.82) is 0 Å². The van der Waals surface area contributed by atoms with Gasteiger partial charge in [0.1, 0.15) is 0 Å². The summed E-state index contributed by atoms with van der Waals surface area (Å²) in [7, 11) is 1.85. The molecular formula is C12H15N3O. The number of hydrogen-bond acceptors (Lipinski definition) is 3. The second kappa shape index (κ2) is 4.45. The Kier molecular flexibility index (Phi) is 3.01. The van der Waals surface area contributed by atoms with Gasteiger partial charge in [0, 0.05) is 37.6 Å². The zero-order valence-corrected chi connectivity index (χ0v) is 9.46. The van der Waals surface area contributed by atoms with Crippen LogP contribution in [0.15, 0.2) is 30.7 Å². The third-order valence-electron chi connectivity index (χ3n) is 2.56. The van der Waals surface area contributed by atoms with Crippen molar-refractivity contribution in [3.8, 4) is 0 Å². The van der Waals surface area contributed by atoms with Crippen LogP contribution in [-0.4, -0.2) is 19.9 Å². The van der Waals surface area contributed by atoms with Gasteiger partial charge in [-0.15, -0.1) is 0 Å². The minimum absolute atomic E-state index is 0.516. The van der Waals surface area contributed by atoms with Crippen LogP contribution in [0.3, 0.4) is 0 Å². The van der Waals surface area contributed by atoms with Crippen LogP contribution in [0.5, 0.6) is 0 Å². The van der Waals surface area contributed by atoms with Crippen LogP contribution >= 0.6 is 0 Å². The van der Waals surface area contributed by atoms with Gasteiger partial charge >= 0.3 is 0 Å². The molecule has 0 aliphatic heterocycles. The molecular weight excluding hydrogens is 202 g/mol. The molecule has 0 saturated heterocycles. The first-order valence-corrected chi connectivity index (χ1v) is 5.24. The van der Waals surface area contributed by atoms with Gasteiger partial charge in [-0.25, -0.2) is 0 Å². The van der Waals surface area contributed by atoms with Crippen molar-refractivity contribution < 1.29 is 5.11 Å². The summed E-state index contributed by atoms with van der Waals surface area (Å²) in [4.78, 5) is 4.03. The van der Waals surface area contributed by atoms with E-state index in [0.29, 0.717) is 6.42 Å². The summed E-state index contributed by atoms with van der Waals surface area (Å²) in [5.41, 5.74) is 2.78. The Bertz CT molecular complexity index is 464. The lowest BCUT2D eigenvalue weighted by molar-refractivity contribution is 0.177. The zero-order valence-electron chi connectivity index (χ0n) is 9.46. The third kappa shape index (κ3) is 2.28. The van der Waals surface area contributed by atoms with Crippen molar-refractivity contribution in [1.82, 2.24) is 14.8 Å². The first-order valence-electron chi connectivity index (χ1n) is 5.24. The number of nitrogens with zero attached hydrogens (tertiary/aromatic N) is 3. The highest BCUT2D eigenvalue weighted by atomic mass is 16.3. The fraction of sp³-hybridized carbons (Fsp3) is 0.333. The minimum atomic E-state index is -0.516. The second-order valence-corrected chi connectivity index (χ2v) is 3.92. The molecule has 2 aromatic heterocycles. The lowest BCUT2D eigenvalue weighted by atomic mass is 10.0. The molecule has 0 aliphatic rings. The van der Waals surface area contributed by atoms with E-state index in [1.165, 1.54) is 0 Å². The summed E-state index contributed by atoms with van der Waals surface area (Å²) in [5, 5.41) is 14.3. The zero-order chi connectivity index (χ0) is 11.5. The average Bonchev–Trinajstić information content (AvgIpc) is 2.59. The van der Waals surface area contributed by atoms with E-state index >= 15 is 0 Å². The summed E-state index contributed by atoms with van der Waals surface area (Å²) in [6.07, 6.45) is 5.41.